The lowest BCUT2D eigenvalue weighted by Crippen LogP contribution is -2.44. The van der Waals surface area contributed by atoms with Crippen molar-refractivity contribution in [3.05, 3.63) is 22.4 Å². The standard InChI is InChI=1S/C13H19F3N2S/c14-13(15,16)11-3-1-10(2-4-11)12(18-17)7-9-5-6-19-8-9/h5-6,8,10-12,18H,1-4,7,17H2. The molecule has 0 amide bonds. The van der Waals surface area contributed by atoms with Gasteiger partial charge in [0.25, 0.3) is 0 Å². The Labute approximate surface area is 115 Å². The van der Waals surface area contributed by atoms with E-state index in [1.165, 1.54) is 5.56 Å². The molecular weight excluding hydrogens is 273 g/mol. The highest BCUT2D eigenvalue weighted by atomic mass is 32.1. The lowest BCUT2D eigenvalue weighted by Gasteiger charge is -2.34. The number of halogens is 3. The van der Waals surface area contributed by atoms with E-state index in [4.69, 9.17) is 5.84 Å². The van der Waals surface area contributed by atoms with Crippen LogP contribution in [0.25, 0.3) is 0 Å². The van der Waals surface area contributed by atoms with Gasteiger partial charge in [-0.3, -0.25) is 11.3 Å². The van der Waals surface area contributed by atoms with Gasteiger partial charge in [-0.05, 0) is 60.4 Å². The van der Waals surface area contributed by atoms with Crippen LogP contribution in [0.15, 0.2) is 16.8 Å². The minimum absolute atomic E-state index is 0.0729. The Bertz CT molecular complexity index is 370. The van der Waals surface area contributed by atoms with Crippen LogP contribution in [0.4, 0.5) is 13.2 Å². The molecule has 0 spiro atoms. The maximum Gasteiger partial charge on any atom is 0.391 e. The first-order chi connectivity index (χ1) is 9.00. The second-order valence-corrected chi connectivity index (χ2v) is 6.04. The topological polar surface area (TPSA) is 38.0 Å². The van der Waals surface area contributed by atoms with Crippen LogP contribution in [0.2, 0.25) is 0 Å². The van der Waals surface area contributed by atoms with E-state index in [9.17, 15) is 13.2 Å². The highest BCUT2D eigenvalue weighted by Crippen LogP contribution is 2.40. The van der Waals surface area contributed by atoms with E-state index < -0.39 is 12.1 Å². The van der Waals surface area contributed by atoms with Gasteiger partial charge in [-0.1, -0.05) is 0 Å². The second-order valence-electron chi connectivity index (χ2n) is 5.26. The number of nitrogens with one attached hydrogen (secondary N) is 1. The van der Waals surface area contributed by atoms with E-state index in [0.717, 1.165) is 6.42 Å². The molecule has 0 bridgehead atoms. The third-order valence-corrected chi connectivity index (χ3v) is 4.79. The van der Waals surface area contributed by atoms with Crippen molar-refractivity contribution in [2.75, 3.05) is 0 Å². The molecule has 3 N–H and O–H groups in total. The minimum atomic E-state index is -4.04. The zero-order valence-electron chi connectivity index (χ0n) is 10.6. The molecule has 2 rings (SSSR count). The second kappa shape index (κ2) is 6.24. The van der Waals surface area contributed by atoms with E-state index in [0.29, 0.717) is 12.8 Å². The lowest BCUT2D eigenvalue weighted by atomic mass is 9.77. The first-order valence-electron chi connectivity index (χ1n) is 6.54. The average Bonchev–Trinajstić information content (AvgIpc) is 2.88. The van der Waals surface area contributed by atoms with Gasteiger partial charge in [0, 0.05) is 6.04 Å². The Balaban J connectivity index is 1.88. The SMILES string of the molecule is NNC(Cc1ccsc1)C1CCC(C(F)(F)F)CC1. The van der Waals surface area contributed by atoms with Crippen LogP contribution < -0.4 is 11.3 Å². The fourth-order valence-corrected chi connectivity index (χ4v) is 3.55. The monoisotopic (exact) mass is 292 g/mol. The van der Waals surface area contributed by atoms with Crippen LogP contribution in [0, 0.1) is 11.8 Å². The molecule has 1 atom stereocenters. The fourth-order valence-electron chi connectivity index (χ4n) is 2.87. The van der Waals surface area contributed by atoms with Crippen molar-refractivity contribution in [3.8, 4) is 0 Å². The third kappa shape index (κ3) is 3.94. The molecule has 0 aromatic carbocycles. The number of rotatable bonds is 4. The maximum atomic E-state index is 12.6. The first-order valence-corrected chi connectivity index (χ1v) is 7.49. The Morgan fingerprint density at radius 2 is 2.00 bits per heavy atom. The molecule has 0 saturated heterocycles. The molecule has 1 heterocycles. The average molecular weight is 292 g/mol. The van der Waals surface area contributed by atoms with Crippen LogP contribution in [-0.4, -0.2) is 12.2 Å². The maximum absolute atomic E-state index is 12.6. The van der Waals surface area contributed by atoms with Crippen LogP contribution in [0.3, 0.4) is 0 Å². The molecule has 0 radical (unpaired) electrons. The van der Waals surface area contributed by atoms with Crippen LogP contribution in [-0.2, 0) is 6.42 Å². The molecule has 108 valence electrons. The summed E-state index contributed by atoms with van der Waals surface area (Å²) in [4.78, 5) is 0. The minimum Gasteiger partial charge on any atom is -0.271 e. The van der Waals surface area contributed by atoms with Gasteiger partial charge >= 0.3 is 6.18 Å². The fraction of sp³-hybridized carbons (Fsp3) is 0.692. The molecule has 1 unspecified atom stereocenters. The highest BCUT2D eigenvalue weighted by molar-refractivity contribution is 7.07. The van der Waals surface area contributed by atoms with E-state index in [1.54, 1.807) is 11.3 Å². The third-order valence-electron chi connectivity index (χ3n) is 4.05. The van der Waals surface area contributed by atoms with Crippen molar-refractivity contribution in [2.45, 2.75) is 44.3 Å². The Hall–Kier alpha value is -0.590. The number of hydrogen-bond donors (Lipinski definition) is 2. The van der Waals surface area contributed by atoms with Gasteiger partial charge in [0.15, 0.2) is 0 Å². The zero-order chi connectivity index (χ0) is 13.9. The summed E-state index contributed by atoms with van der Waals surface area (Å²) in [6.45, 7) is 0. The molecule has 1 fully saturated rings. The largest absolute Gasteiger partial charge is 0.391 e. The molecule has 0 aliphatic heterocycles. The van der Waals surface area contributed by atoms with Crippen LogP contribution in [0.5, 0.6) is 0 Å². The van der Waals surface area contributed by atoms with Gasteiger partial charge in [0.2, 0.25) is 0 Å². The van der Waals surface area contributed by atoms with E-state index in [-0.39, 0.29) is 24.8 Å². The van der Waals surface area contributed by atoms with E-state index in [2.05, 4.69) is 10.8 Å². The molecule has 1 aliphatic rings. The van der Waals surface area contributed by atoms with Crippen molar-refractivity contribution in [2.24, 2.45) is 17.7 Å². The Morgan fingerprint density at radius 3 is 2.47 bits per heavy atom. The summed E-state index contributed by atoms with van der Waals surface area (Å²) < 4.78 is 37.9. The van der Waals surface area contributed by atoms with E-state index >= 15 is 0 Å². The van der Waals surface area contributed by atoms with Gasteiger partial charge in [0.05, 0.1) is 5.92 Å². The van der Waals surface area contributed by atoms with Crippen molar-refractivity contribution in [1.29, 1.82) is 0 Å². The summed E-state index contributed by atoms with van der Waals surface area (Å²) in [7, 11) is 0. The summed E-state index contributed by atoms with van der Waals surface area (Å²) in [5.41, 5.74) is 3.99. The smallest absolute Gasteiger partial charge is 0.271 e. The van der Waals surface area contributed by atoms with Gasteiger partial charge < -0.3 is 0 Å². The summed E-state index contributed by atoms with van der Waals surface area (Å²) in [6, 6.07) is 2.11. The molecule has 1 aromatic heterocycles. The molecular formula is C13H19F3N2S. The number of nitrogens with two attached hydrogens (primary N) is 1. The molecule has 1 aliphatic carbocycles. The number of hydrogen-bond acceptors (Lipinski definition) is 3. The molecule has 19 heavy (non-hydrogen) atoms. The quantitative estimate of drug-likeness (QED) is 0.658. The Morgan fingerprint density at radius 1 is 1.32 bits per heavy atom. The zero-order valence-corrected chi connectivity index (χ0v) is 11.4. The van der Waals surface area contributed by atoms with Crippen molar-refractivity contribution in [3.63, 3.8) is 0 Å². The number of thiophene rings is 1. The molecule has 1 aromatic rings. The van der Waals surface area contributed by atoms with Crippen molar-refractivity contribution < 1.29 is 13.2 Å². The number of hydrazine groups is 1. The van der Waals surface area contributed by atoms with Gasteiger partial charge in [-0.2, -0.15) is 24.5 Å². The Kier molecular flexibility index (Phi) is 4.86. The van der Waals surface area contributed by atoms with Crippen molar-refractivity contribution in [1.82, 2.24) is 5.43 Å². The van der Waals surface area contributed by atoms with Gasteiger partial charge in [0.1, 0.15) is 0 Å². The summed E-state index contributed by atoms with van der Waals surface area (Å²) in [6.07, 6.45) is -1.58. The molecule has 6 heteroatoms. The summed E-state index contributed by atoms with van der Waals surface area (Å²) in [5, 5.41) is 4.06. The molecule has 2 nitrogen and oxygen atoms in total. The van der Waals surface area contributed by atoms with Crippen molar-refractivity contribution >= 4 is 11.3 Å². The lowest BCUT2D eigenvalue weighted by molar-refractivity contribution is -0.184. The predicted molar refractivity (Wildman–Crippen MR) is 70.6 cm³/mol. The summed E-state index contributed by atoms with van der Waals surface area (Å²) in [5.74, 6) is 4.69. The predicted octanol–water partition coefficient (Wildman–Crippen LogP) is 3.49. The highest BCUT2D eigenvalue weighted by Gasteiger charge is 2.42. The van der Waals surface area contributed by atoms with Crippen LogP contribution in [0.1, 0.15) is 31.2 Å². The molecule has 1 saturated carbocycles. The van der Waals surface area contributed by atoms with Crippen LogP contribution >= 0.6 is 11.3 Å². The summed E-state index contributed by atoms with van der Waals surface area (Å²) >= 11 is 1.63. The van der Waals surface area contributed by atoms with Gasteiger partial charge in [-0.25, -0.2) is 0 Å². The van der Waals surface area contributed by atoms with E-state index in [1.807, 2.05) is 11.4 Å². The normalized spacial score (nSPS) is 26.3. The first kappa shape index (κ1) is 14.8. The number of alkyl halides is 3. The van der Waals surface area contributed by atoms with Gasteiger partial charge in [-0.15, -0.1) is 0 Å².